The Bertz CT molecular complexity index is 726. The highest BCUT2D eigenvalue weighted by atomic mass is 32.1. The number of hydrogen-bond acceptors (Lipinski definition) is 4. The molecule has 4 nitrogen and oxygen atoms in total. The van der Waals surface area contributed by atoms with Crippen molar-refractivity contribution in [3.05, 3.63) is 64.4 Å². The molecule has 1 fully saturated rings. The quantitative estimate of drug-likeness (QED) is 0.805. The zero-order valence-electron chi connectivity index (χ0n) is 13.3. The van der Waals surface area contributed by atoms with Gasteiger partial charge in [-0.15, -0.1) is 11.3 Å². The van der Waals surface area contributed by atoms with Crippen molar-refractivity contribution in [3.63, 3.8) is 0 Å². The van der Waals surface area contributed by atoms with Crippen LogP contribution in [0.3, 0.4) is 0 Å². The van der Waals surface area contributed by atoms with Gasteiger partial charge in [0.05, 0.1) is 6.07 Å². The molecule has 5 heteroatoms. The minimum Gasteiger partial charge on any atom is -0.337 e. The summed E-state index contributed by atoms with van der Waals surface area (Å²) in [7, 11) is 0. The van der Waals surface area contributed by atoms with Crippen LogP contribution in [0, 0.1) is 11.3 Å². The standard InChI is InChI=1S/C19H19N3OS/c20-15-18(16-5-2-1-3-6-16)21-10-12-22(13-11-21)19(23)9-8-17-7-4-14-24-17/h1-9,14,18H,10-13H2/b9-8+. The highest BCUT2D eigenvalue weighted by molar-refractivity contribution is 7.10. The van der Waals surface area contributed by atoms with Crippen LogP contribution in [0.15, 0.2) is 53.9 Å². The molecule has 1 atom stereocenters. The molecule has 1 aliphatic rings. The van der Waals surface area contributed by atoms with Gasteiger partial charge in [0, 0.05) is 37.1 Å². The Morgan fingerprint density at radius 1 is 1.12 bits per heavy atom. The topological polar surface area (TPSA) is 47.3 Å². The smallest absolute Gasteiger partial charge is 0.246 e. The van der Waals surface area contributed by atoms with Gasteiger partial charge in [-0.25, -0.2) is 0 Å². The van der Waals surface area contributed by atoms with Crippen LogP contribution in [0.25, 0.3) is 6.08 Å². The van der Waals surface area contributed by atoms with E-state index in [1.807, 2.05) is 58.8 Å². The van der Waals surface area contributed by atoms with E-state index in [9.17, 15) is 10.1 Å². The number of hydrogen-bond donors (Lipinski definition) is 0. The van der Waals surface area contributed by atoms with Gasteiger partial charge in [0.15, 0.2) is 0 Å². The number of nitriles is 1. The van der Waals surface area contributed by atoms with Crippen LogP contribution in [0.2, 0.25) is 0 Å². The van der Waals surface area contributed by atoms with E-state index < -0.39 is 0 Å². The van der Waals surface area contributed by atoms with Gasteiger partial charge in [-0.3, -0.25) is 9.69 Å². The van der Waals surface area contributed by atoms with Crippen LogP contribution in [-0.4, -0.2) is 41.9 Å². The molecule has 1 saturated heterocycles. The lowest BCUT2D eigenvalue weighted by atomic mass is 10.1. The van der Waals surface area contributed by atoms with Gasteiger partial charge in [-0.2, -0.15) is 5.26 Å². The fourth-order valence-corrected chi connectivity index (χ4v) is 3.47. The molecule has 3 rings (SSSR count). The highest BCUT2D eigenvalue weighted by Gasteiger charge is 2.26. The molecule has 0 spiro atoms. The molecule has 1 aromatic carbocycles. The molecule has 122 valence electrons. The number of nitrogens with zero attached hydrogens (tertiary/aromatic N) is 3. The number of amides is 1. The Morgan fingerprint density at radius 3 is 2.50 bits per heavy atom. The van der Waals surface area contributed by atoms with Crippen LogP contribution >= 0.6 is 11.3 Å². The van der Waals surface area contributed by atoms with E-state index in [4.69, 9.17) is 0 Å². The third-order valence-corrected chi connectivity index (χ3v) is 5.00. The summed E-state index contributed by atoms with van der Waals surface area (Å²) < 4.78 is 0. The summed E-state index contributed by atoms with van der Waals surface area (Å²) in [5.41, 5.74) is 1.01. The maximum absolute atomic E-state index is 12.3. The van der Waals surface area contributed by atoms with Crippen molar-refractivity contribution in [1.29, 1.82) is 5.26 Å². The van der Waals surface area contributed by atoms with Gasteiger partial charge < -0.3 is 4.90 Å². The fraction of sp³-hybridized carbons (Fsp3) is 0.263. The molecule has 0 bridgehead atoms. The van der Waals surface area contributed by atoms with Crippen molar-refractivity contribution in [3.8, 4) is 6.07 Å². The zero-order valence-corrected chi connectivity index (χ0v) is 14.2. The Hall–Kier alpha value is -2.42. The first-order valence-corrected chi connectivity index (χ1v) is 8.85. The number of piperazine rings is 1. The van der Waals surface area contributed by atoms with E-state index in [0.29, 0.717) is 26.2 Å². The van der Waals surface area contributed by atoms with Gasteiger partial charge in [0.25, 0.3) is 0 Å². The summed E-state index contributed by atoms with van der Waals surface area (Å²) in [6.07, 6.45) is 3.50. The predicted molar refractivity (Wildman–Crippen MR) is 96.3 cm³/mol. The third kappa shape index (κ3) is 3.91. The van der Waals surface area contributed by atoms with E-state index in [1.165, 1.54) is 0 Å². The SMILES string of the molecule is N#CC(c1ccccc1)N1CCN(C(=O)/C=C/c2cccs2)CC1. The maximum atomic E-state index is 12.3. The number of rotatable bonds is 4. The molecule has 1 aliphatic heterocycles. The lowest BCUT2D eigenvalue weighted by Gasteiger charge is -2.36. The minimum atomic E-state index is -0.245. The molecule has 1 aromatic heterocycles. The molecule has 2 aromatic rings. The van der Waals surface area contributed by atoms with Gasteiger partial charge >= 0.3 is 0 Å². The molecule has 0 radical (unpaired) electrons. The summed E-state index contributed by atoms with van der Waals surface area (Å²) in [5.74, 6) is 0.0382. The van der Waals surface area contributed by atoms with Gasteiger partial charge in [-0.1, -0.05) is 36.4 Å². The van der Waals surface area contributed by atoms with Crippen molar-refractivity contribution >= 4 is 23.3 Å². The fourth-order valence-electron chi connectivity index (χ4n) is 2.85. The number of thiophene rings is 1. The van der Waals surface area contributed by atoms with Crippen molar-refractivity contribution < 1.29 is 4.79 Å². The molecular weight excluding hydrogens is 318 g/mol. The van der Waals surface area contributed by atoms with Crippen molar-refractivity contribution in [2.45, 2.75) is 6.04 Å². The van der Waals surface area contributed by atoms with E-state index >= 15 is 0 Å². The second kappa shape index (κ2) is 7.91. The molecule has 24 heavy (non-hydrogen) atoms. The largest absolute Gasteiger partial charge is 0.337 e. The van der Waals surface area contributed by atoms with Gasteiger partial charge in [-0.05, 0) is 23.1 Å². The lowest BCUT2D eigenvalue weighted by Crippen LogP contribution is -2.49. The molecular formula is C19H19N3OS. The average molecular weight is 337 g/mol. The van der Waals surface area contributed by atoms with Crippen LogP contribution in [0.4, 0.5) is 0 Å². The van der Waals surface area contributed by atoms with E-state index in [1.54, 1.807) is 17.4 Å². The normalized spacial score (nSPS) is 16.9. The first-order valence-electron chi connectivity index (χ1n) is 7.97. The third-order valence-electron chi connectivity index (χ3n) is 4.16. The van der Waals surface area contributed by atoms with E-state index in [-0.39, 0.29) is 11.9 Å². The summed E-state index contributed by atoms with van der Waals surface area (Å²) in [4.78, 5) is 17.3. The van der Waals surface area contributed by atoms with E-state index in [2.05, 4.69) is 11.0 Å². The molecule has 2 heterocycles. The first-order chi connectivity index (χ1) is 11.8. The first kappa shape index (κ1) is 16.4. The Labute approximate surface area is 146 Å². The zero-order chi connectivity index (χ0) is 16.8. The van der Waals surface area contributed by atoms with Crippen molar-refractivity contribution in [2.75, 3.05) is 26.2 Å². The number of benzene rings is 1. The maximum Gasteiger partial charge on any atom is 0.246 e. The predicted octanol–water partition coefficient (Wildman–Crippen LogP) is 3.17. The Morgan fingerprint density at radius 2 is 1.88 bits per heavy atom. The monoisotopic (exact) mass is 337 g/mol. The van der Waals surface area contributed by atoms with Crippen LogP contribution in [0.1, 0.15) is 16.5 Å². The molecule has 0 N–H and O–H groups in total. The second-order valence-corrected chi connectivity index (χ2v) is 6.63. The summed E-state index contributed by atoms with van der Waals surface area (Å²) in [5, 5.41) is 11.5. The van der Waals surface area contributed by atoms with Gasteiger partial charge in [0.2, 0.25) is 5.91 Å². The number of carbonyl (C=O) groups excluding carboxylic acids is 1. The van der Waals surface area contributed by atoms with Crippen molar-refractivity contribution in [1.82, 2.24) is 9.80 Å². The number of carbonyl (C=O) groups is 1. The second-order valence-electron chi connectivity index (χ2n) is 5.65. The van der Waals surface area contributed by atoms with Crippen molar-refractivity contribution in [2.24, 2.45) is 0 Å². The summed E-state index contributed by atoms with van der Waals surface area (Å²) in [6, 6.07) is 15.9. The molecule has 0 aliphatic carbocycles. The van der Waals surface area contributed by atoms with E-state index in [0.717, 1.165) is 10.4 Å². The molecule has 1 unspecified atom stereocenters. The van der Waals surface area contributed by atoms with Gasteiger partial charge in [0.1, 0.15) is 6.04 Å². The minimum absolute atomic E-state index is 0.0382. The lowest BCUT2D eigenvalue weighted by molar-refractivity contribution is -0.127. The van der Waals surface area contributed by atoms with Crippen LogP contribution < -0.4 is 0 Å². The summed E-state index contributed by atoms with van der Waals surface area (Å²) in [6.45, 7) is 2.73. The molecule has 0 saturated carbocycles. The molecule has 1 amide bonds. The van der Waals surface area contributed by atoms with Crippen LogP contribution in [-0.2, 0) is 4.79 Å². The Balaban J connectivity index is 1.57. The van der Waals surface area contributed by atoms with Crippen LogP contribution in [0.5, 0.6) is 0 Å². The Kier molecular flexibility index (Phi) is 5.42. The summed E-state index contributed by atoms with van der Waals surface area (Å²) >= 11 is 1.61. The highest BCUT2D eigenvalue weighted by Crippen LogP contribution is 2.21. The average Bonchev–Trinajstić information content (AvgIpc) is 3.15.